The lowest BCUT2D eigenvalue weighted by atomic mass is 10.2. The van der Waals surface area contributed by atoms with Crippen LogP contribution in [0.2, 0.25) is 0 Å². The van der Waals surface area contributed by atoms with Crippen molar-refractivity contribution in [1.82, 2.24) is 9.80 Å². The second-order valence-electron chi connectivity index (χ2n) is 11.5. The molecule has 316 valence electrons. The molecule has 0 aliphatic carbocycles. The Kier molecular flexibility index (Phi) is 29.6. The van der Waals surface area contributed by atoms with Crippen molar-refractivity contribution >= 4 is 35.6 Å². The van der Waals surface area contributed by atoms with E-state index in [0.717, 1.165) is 9.80 Å². The van der Waals surface area contributed by atoms with Crippen LogP contribution in [-0.4, -0.2) is 58.5 Å². The van der Waals surface area contributed by atoms with Crippen molar-refractivity contribution in [2.75, 3.05) is 13.1 Å². The van der Waals surface area contributed by atoms with Crippen LogP contribution in [0.1, 0.15) is 58.8 Å². The van der Waals surface area contributed by atoms with Gasteiger partial charge in [-0.05, 0) is 124 Å². The Labute approximate surface area is 385 Å². The van der Waals surface area contributed by atoms with Crippen molar-refractivity contribution in [3.63, 3.8) is 0 Å². The van der Waals surface area contributed by atoms with Crippen molar-refractivity contribution < 1.29 is 38.2 Å². The number of hydrogen-bond donors (Lipinski definition) is 0. The van der Waals surface area contributed by atoms with Gasteiger partial charge in [0.15, 0.2) is 0 Å². The Morgan fingerprint density at radius 2 is 0.612 bits per heavy atom. The Hall–Kier alpha value is -11.0. The fourth-order valence-electron chi connectivity index (χ4n) is 4.18. The number of rotatable bonds is 14. The van der Waals surface area contributed by atoms with Crippen molar-refractivity contribution in [1.29, 1.82) is 0 Å². The third-order valence-corrected chi connectivity index (χ3v) is 6.93. The normalized spacial score (nSPS) is 9.25. The summed E-state index contributed by atoms with van der Waals surface area (Å²) in [5.41, 5.74) is 83.8. The predicted molar refractivity (Wildman–Crippen MR) is 236 cm³/mol. The van der Waals surface area contributed by atoms with Gasteiger partial charge in [0.05, 0.1) is 0 Å². The highest BCUT2D eigenvalue weighted by Gasteiger charge is 2.23. The summed E-state index contributed by atoms with van der Waals surface area (Å²) < 4.78 is 10.3. The number of esters is 2. The van der Waals surface area contributed by atoms with Gasteiger partial charge in [-0.1, -0.05) is 26.0 Å². The van der Waals surface area contributed by atoms with E-state index in [1.807, 2.05) is 0 Å². The molecule has 4 amide bonds. The smallest absolute Gasteiger partial charge is 0.352 e. The molecule has 0 saturated heterocycles. The molecule has 67 heavy (non-hydrogen) atoms. The topological polar surface area (TPSA) is 127 Å². The number of hydrogen-bond acceptors (Lipinski definition) is 8. The second-order valence-corrected chi connectivity index (χ2v) is 11.5. The van der Waals surface area contributed by atoms with Gasteiger partial charge in [0.1, 0.15) is 0 Å². The zero-order valence-corrected chi connectivity index (χ0v) is 34.7. The van der Waals surface area contributed by atoms with E-state index in [0.29, 0.717) is 38.5 Å². The molecule has 2 heterocycles. The molecule has 0 saturated carbocycles. The number of carbonyl (C=O) groups is 6. The van der Waals surface area contributed by atoms with E-state index in [-0.39, 0.29) is 57.0 Å². The quantitative estimate of drug-likeness (QED) is 0.0581. The molecular formula is C57H30N2O8. The molecule has 2 rings (SSSR count). The molecule has 0 aromatic heterocycles. The van der Waals surface area contributed by atoms with Crippen molar-refractivity contribution in [3.8, 4) is 0 Å². The molecule has 2 aliphatic rings. The molecule has 10 nitrogen and oxygen atoms in total. The fourth-order valence-corrected chi connectivity index (χ4v) is 4.18. The summed E-state index contributed by atoms with van der Waals surface area (Å²) >= 11 is 0. The van der Waals surface area contributed by atoms with Crippen LogP contribution in [0, 0.1) is 0 Å². The van der Waals surface area contributed by atoms with Crippen LogP contribution in [0.15, 0.2) is 232 Å². The van der Waals surface area contributed by atoms with Crippen LogP contribution in [0.25, 0.3) is 0 Å². The Morgan fingerprint density at radius 3 is 0.866 bits per heavy atom. The highest BCUT2D eigenvalue weighted by atomic mass is 16.7. The molecule has 0 unspecified atom stereocenters. The number of amides is 4. The highest BCUT2D eigenvalue weighted by molar-refractivity contribution is 6.13. The van der Waals surface area contributed by atoms with E-state index in [1.165, 1.54) is 24.3 Å². The van der Waals surface area contributed by atoms with Crippen LogP contribution >= 0.6 is 0 Å². The number of carbonyl (C=O) groups excluding carboxylic acids is 6. The number of unbranched alkanes of at least 4 members (excludes halogenated alkanes) is 4. The fraction of sp³-hybridized carbons (Fsp3) is 0.193. The molecule has 0 bridgehead atoms. The summed E-state index contributed by atoms with van der Waals surface area (Å²) in [7, 11) is 0. The molecule has 0 N–H and O–H groups in total. The number of ether oxygens (including phenoxy) is 2. The lowest BCUT2D eigenvalue weighted by Gasteiger charge is -2.13. The Morgan fingerprint density at radius 1 is 0.373 bits per heavy atom. The molecule has 2 aliphatic heterocycles. The van der Waals surface area contributed by atoms with Gasteiger partial charge in [0.2, 0.25) is 0 Å². The average Bonchev–Trinajstić information content (AvgIpc) is 3.80. The molecule has 0 aromatic rings. The van der Waals surface area contributed by atoms with E-state index in [9.17, 15) is 28.8 Å². The molecular weight excluding hydrogens is 841 g/mol. The maximum absolute atomic E-state index is 12.5. The van der Waals surface area contributed by atoms with Gasteiger partial charge in [-0.3, -0.25) is 38.6 Å². The standard InChI is InChI=1S/C56H26N2O8.CH4/c1-2-3-4-5-6-7-8-9-10-11-12-13-14-15-16-17-18-19-20-21-22-23-24-25-26-27-28-29-30-31-32-33-38-43-56(65-54(63)41-36-34-39-48-57-50(59)44-45-51(57)60)66-55(64)42-37-35-40-49-58-52(61)46-47-53(58)62;/h44-47H,1,34-37,39-42,48-49H2;1H4. The van der Waals surface area contributed by atoms with Crippen molar-refractivity contribution in [2.24, 2.45) is 0 Å². The summed E-state index contributed by atoms with van der Waals surface area (Å²) in [5, 5.41) is 0. The third-order valence-electron chi connectivity index (χ3n) is 6.93. The first-order valence-corrected chi connectivity index (χ1v) is 19.0. The molecule has 0 aromatic carbocycles. The summed E-state index contributed by atoms with van der Waals surface area (Å²) in [6.07, 6.45) is 7.43. The van der Waals surface area contributed by atoms with Crippen LogP contribution in [-0.2, 0) is 38.2 Å². The molecule has 0 fully saturated rings. The van der Waals surface area contributed by atoms with E-state index >= 15 is 0 Å². The van der Waals surface area contributed by atoms with Crippen molar-refractivity contribution in [3.05, 3.63) is 232 Å². The zero-order chi connectivity index (χ0) is 47.6. The molecule has 0 spiro atoms. The van der Waals surface area contributed by atoms with E-state index < -0.39 is 17.9 Å². The zero-order valence-electron chi connectivity index (χ0n) is 34.7. The maximum Gasteiger partial charge on any atom is 0.352 e. The van der Waals surface area contributed by atoms with E-state index in [1.54, 1.807) is 0 Å². The van der Waals surface area contributed by atoms with Gasteiger partial charge in [0, 0.05) is 148 Å². The van der Waals surface area contributed by atoms with Crippen LogP contribution in [0.5, 0.6) is 0 Å². The lowest BCUT2D eigenvalue weighted by molar-refractivity contribution is -0.154. The van der Waals surface area contributed by atoms with Crippen LogP contribution < -0.4 is 0 Å². The van der Waals surface area contributed by atoms with Gasteiger partial charge in [-0.25, -0.2) is 0 Å². The van der Waals surface area contributed by atoms with E-state index in [4.69, 9.17) is 9.47 Å². The maximum atomic E-state index is 12.5. The van der Waals surface area contributed by atoms with Crippen molar-refractivity contribution in [2.45, 2.75) is 58.8 Å². The minimum Gasteiger partial charge on any atom is -0.386 e. The first kappa shape index (κ1) is 54.0. The minimum absolute atomic E-state index is 0. The van der Waals surface area contributed by atoms with Gasteiger partial charge in [0.25, 0.3) is 23.6 Å². The Bertz CT molecular complexity index is 3430. The monoisotopic (exact) mass is 870 g/mol. The summed E-state index contributed by atoms with van der Waals surface area (Å²) in [5.74, 6) is -3.55. The van der Waals surface area contributed by atoms with Gasteiger partial charge >= 0.3 is 17.9 Å². The largest absolute Gasteiger partial charge is 0.386 e. The predicted octanol–water partition coefficient (Wildman–Crippen LogP) is 7.42. The second kappa shape index (κ2) is 36.8. The van der Waals surface area contributed by atoms with Gasteiger partial charge in [-0.2, -0.15) is 0 Å². The highest BCUT2D eigenvalue weighted by Crippen LogP contribution is 2.12. The van der Waals surface area contributed by atoms with Gasteiger partial charge in [-0.15, -0.1) is 0 Å². The summed E-state index contributed by atoms with van der Waals surface area (Å²) in [6, 6.07) is 0. The summed E-state index contributed by atoms with van der Waals surface area (Å²) in [6.45, 7) is 3.75. The molecule has 0 atom stereocenters. The number of imide groups is 2. The number of nitrogens with zero attached hydrogens (tertiary/aromatic N) is 2. The van der Waals surface area contributed by atoms with E-state index in [2.05, 4.69) is 201 Å². The molecule has 0 radical (unpaired) electrons. The third kappa shape index (κ3) is 28.2. The van der Waals surface area contributed by atoms with Crippen LogP contribution in [0.3, 0.4) is 0 Å². The first-order valence-electron chi connectivity index (χ1n) is 19.0. The van der Waals surface area contributed by atoms with Crippen LogP contribution in [0.4, 0.5) is 0 Å². The summed E-state index contributed by atoms with van der Waals surface area (Å²) in [4.78, 5) is 73.9. The first-order chi connectivity index (χ1) is 32.3. The Balaban J connectivity index is 0.0000224. The molecule has 10 heteroatoms. The van der Waals surface area contributed by atoms with Gasteiger partial charge < -0.3 is 9.47 Å². The SMILES string of the molecule is C.C=C=C=C=C=C=C=C=C=C=C=C=C=C=C=C=C=C=C=C=C=C=C=C=C=C=C=C=C=C=C=C=C=C=C=C(OC(=O)CCCCCN1C(=O)C=CC1=O)OC(=O)CCCCCN1C(=O)C=CC1=O. The minimum atomic E-state index is -0.723. The average molecular weight is 871 g/mol. The lowest BCUT2D eigenvalue weighted by Crippen LogP contribution is -2.30.